The third kappa shape index (κ3) is 5.93. The van der Waals surface area contributed by atoms with Crippen LogP contribution in [0.3, 0.4) is 0 Å². The first-order chi connectivity index (χ1) is 23.9. The Balaban J connectivity index is 1.09. The van der Waals surface area contributed by atoms with Gasteiger partial charge in [0.25, 0.3) is 0 Å². The number of allylic oxidation sites excluding steroid dienone is 2. The molecule has 5 fully saturated rings. The molecule has 6 aliphatic rings. The molecule has 4 saturated carbocycles. The summed E-state index contributed by atoms with van der Waals surface area (Å²) in [5.41, 5.74) is 2.64. The Morgan fingerprint density at radius 3 is 2.31 bits per heavy atom. The second kappa shape index (κ2) is 13.0. The maximum Gasteiger partial charge on any atom is 0.229 e. The maximum absolute atomic E-state index is 15.0. The minimum atomic E-state index is -0.334. The molecule has 7 heteroatoms. The molecule has 0 spiro atoms. The SMILES string of the molecule is CC1(C)CC[C@]2(C(=O)N3CCN(CC(=O)/C=C/c4cccc(Cl)c4Cl)CC3)CC[C@]3(C)C(=CC[C@@H]4[C@@]5(C)CC[C@H](O)C(C)(C)[C@@H]5CC[C@]43C)[C@@H]2C1. The number of hydrogen-bond acceptors (Lipinski definition) is 4. The van der Waals surface area contributed by atoms with Gasteiger partial charge in [-0.25, -0.2) is 0 Å². The van der Waals surface area contributed by atoms with Gasteiger partial charge in [-0.1, -0.05) is 95.4 Å². The van der Waals surface area contributed by atoms with Gasteiger partial charge in [-0.3, -0.25) is 14.5 Å². The van der Waals surface area contributed by atoms with Gasteiger partial charge in [0.2, 0.25) is 5.91 Å². The van der Waals surface area contributed by atoms with E-state index in [-0.39, 0.29) is 50.3 Å². The monoisotopic (exact) mass is 736 g/mol. The topological polar surface area (TPSA) is 60.9 Å². The zero-order valence-electron chi connectivity index (χ0n) is 32.3. The van der Waals surface area contributed by atoms with Gasteiger partial charge in [0, 0.05) is 26.2 Å². The van der Waals surface area contributed by atoms with E-state index < -0.39 is 0 Å². The Hall–Kier alpha value is -1.66. The molecular weight excluding hydrogens is 675 g/mol. The number of ketones is 1. The van der Waals surface area contributed by atoms with Gasteiger partial charge in [0.05, 0.1) is 28.1 Å². The average molecular weight is 738 g/mol. The van der Waals surface area contributed by atoms with Crippen molar-refractivity contribution in [1.29, 1.82) is 0 Å². The first kappa shape index (κ1) is 37.6. The molecule has 0 bridgehead atoms. The number of halogens is 2. The molecule has 1 saturated heterocycles. The molecule has 7 rings (SSSR count). The third-order valence-electron chi connectivity index (χ3n) is 16.5. The summed E-state index contributed by atoms with van der Waals surface area (Å²) in [4.78, 5) is 32.3. The van der Waals surface area contributed by atoms with Crippen LogP contribution in [-0.2, 0) is 9.59 Å². The van der Waals surface area contributed by atoms with Crippen molar-refractivity contribution in [1.82, 2.24) is 9.80 Å². The highest BCUT2D eigenvalue weighted by Crippen LogP contribution is 2.75. The second-order valence-electron chi connectivity index (χ2n) is 19.8. The van der Waals surface area contributed by atoms with Crippen molar-refractivity contribution in [3.8, 4) is 0 Å². The van der Waals surface area contributed by atoms with Gasteiger partial charge in [-0.05, 0) is 133 Å². The van der Waals surface area contributed by atoms with Crippen molar-refractivity contribution in [2.75, 3.05) is 32.7 Å². The van der Waals surface area contributed by atoms with E-state index in [1.807, 2.05) is 12.1 Å². The number of benzene rings is 1. The van der Waals surface area contributed by atoms with Gasteiger partial charge in [-0.2, -0.15) is 0 Å². The van der Waals surface area contributed by atoms with Crippen molar-refractivity contribution in [3.63, 3.8) is 0 Å². The van der Waals surface area contributed by atoms with E-state index in [1.54, 1.807) is 23.8 Å². The number of hydrogen-bond donors (Lipinski definition) is 1. The first-order valence-corrected chi connectivity index (χ1v) is 20.7. The van der Waals surface area contributed by atoms with Crippen LogP contribution in [0.2, 0.25) is 10.0 Å². The van der Waals surface area contributed by atoms with Crippen LogP contribution in [0.15, 0.2) is 35.9 Å². The fourth-order valence-electron chi connectivity index (χ4n) is 13.1. The fraction of sp³-hybridized carbons (Fsp3) is 0.727. The molecule has 280 valence electrons. The van der Waals surface area contributed by atoms with E-state index >= 15 is 4.79 Å². The fourth-order valence-corrected chi connectivity index (χ4v) is 13.5. The maximum atomic E-state index is 15.0. The highest BCUT2D eigenvalue weighted by atomic mass is 35.5. The zero-order chi connectivity index (χ0) is 36.8. The second-order valence-corrected chi connectivity index (χ2v) is 20.5. The number of carbonyl (C=O) groups excluding carboxylic acids is 2. The van der Waals surface area contributed by atoms with Crippen LogP contribution in [0.1, 0.15) is 118 Å². The quantitative estimate of drug-likeness (QED) is 0.242. The molecule has 1 aromatic carbocycles. The number of fused-ring (bicyclic) bond motifs is 7. The van der Waals surface area contributed by atoms with Gasteiger partial charge in [0.15, 0.2) is 5.78 Å². The highest BCUT2D eigenvalue weighted by molar-refractivity contribution is 6.42. The van der Waals surface area contributed by atoms with E-state index in [1.165, 1.54) is 12.8 Å². The molecule has 1 heterocycles. The van der Waals surface area contributed by atoms with E-state index in [0.29, 0.717) is 60.5 Å². The van der Waals surface area contributed by atoms with Crippen molar-refractivity contribution < 1.29 is 14.7 Å². The van der Waals surface area contributed by atoms with Crippen LogP contribution in [0.4, 0.5) is 0 Å². The first-order valence-electron chi connectivity index (χ1n) is 19.9. The molecule has 0 aromatic heterocycles. The Labute approximate surface area is 317 Å². The number of nitrogens with zero attached hydrogens (tertiary/aromatic N) is 2. The molecule has 0 radical (unpaired) electrons. The van der Waals surface area contributed by atoms with Gasteiger partial charge >= 0.3 is 0 Å². The van der Waals surface area contributed by atoms with E-state index in [0.717, 1.165) is 56.9 Å². The largest absolute Gasteiger partial charge is 0.393 e. The lowest BCUT2D eigenvalue weighted by atomic mass is 9.33. The van der Waals surface area contributed by atoms with E-state index in [9.17, 15) is 9.90 Å². The van der Waals surface area contributed by atoms with Crippen LogP contribution in [0.5, 0.6) is 0 Å². The summed E-state index contributed by atoms with van der Waals surface area (Å²) in [6, 6.07) is 5.42. The van der Waals surface area contributed by atoms with Crippen LogP contribution < -0.4 is 0 Å². The molecule has 1 amide bonds. The average Bonchev–Trinajstić information content (AvgIpc) is 3.07. The molecule has 5 nitrogen and oxygen atoms in total. The van der Waals surface area contributed by atoms with Crippen molar-refractivity contribution in [2.45, 2.75) is 119 Å². The number of amides is 1. The standard InChI is InChI=1S/C44H62Cl2N2O3/c1-39(2)19-21-44(38(51)48-25-23-47(24-26-48)28-30(49)12-11-29-9-8-10-33(45)37(29)46)22-20-42(6)31(32(44)27-39)13-14-35-41(5)17-16-36(50)40(3,4)34(41)15-18-43(35,42)7/h8-13,32,34-36,50H,14-28H2,1-7H3/b12-11+/t32-,34-,35+,36-,41-,42+,43+,44-/m0/s1. The van der Waals surface area contributed by atoms with Crippen LogP contribution in [0, 0.1) is 50.2 Å². The molecule has 1 aliphatic heterocycles. The molecule has 8 atom stereocenters. The van der Waals surface area contributed by atoms with Crippen molar-refractivity contribution in [2.24, 2.45) is 50.2 Å². The van der Waals surface area contributed by atoms with Gasteiger partial charge in [0.1, 0.15) is 0 Å². The predicted molar refractivity (Wildman–Crippen MR) is 209 cm³/mol. The molecule has 1 N–H and O–H groups in total. The lowest BCUT2D eigenvalue weighted by Crippen LogP contribution is -2.66. The molecule has 1 aromatic rings. The zero-order valence-corrected chi connectivity index (χ0v) is 33.8. The molecule has 5 aliphatic carbocycles. The Bertz CT molecular complexity index is 1630. The number of carbonyl (C=O) groups is 2. The van der Waals surface area contributed by atoms with Gasteiger partial charge < -0.3 is 10.0 Å². The van der Waals surface area contributed by atoms with Crippen LogP contribution in [-0.4, -0.2) is 65.4 Å². The summed E-state index contributed by atoms with van der Waals surface area (Å²) in [5.74, 6) is 1.81. The Morgan fingerprint density at radius 2 is 1.59 bits per heavy atom. The van der Waals surface area contributed by atoms with Crippen LogP contribution >= 0.6 is 23.2 Å². The van der Waals surface area contributed by atoms with Gasteiger partial charge in [-0.15, -0.1) is 0 Å². The van der Waals surface area contributed by atoms with E-state index in [4.69, 9.17) is 23.2 Å². The summed E-state index contributed by atoms with van der Waals surface area (Å²) >= 11 is 12.5. The number of aliphatic hydroxyl groups excluding tert-OH is 1. The smallest absolute Gasteiger partial charge is 0.229 e. The van der Waals surface area contributed by atoms with E-state index in [2.05, 4.69) is 64.3 Å². The Morgan fingerprint density at radius 1 is 0.882 bits per heavy atom. The predicted octanol–water partition coefficient (Wildman–Crippen LogP) is 9.88. The lowest BCUT2D eigenvalue weighted by Gasteiger charge is -2.71. The normalized spacial score (nSPS) is 40.4. The lowest BCUT2D eigenvalue weighted by molar-refractivity contribution is -0.204. The third-order valence-corrected chi connectivity index (χ3v) is 17.3. The number of rotatable bonds is 5. The minimum absolute atomic E-state index is 0.0254. The van der Waals surface area contributed by atoms with Crippen molar-refractivity contribution in [3.05, 3.63) is 51.5 Å². The molecule has 51 heavy (non-hydrogen) atoms. The number of aliphatic hydroxyl groups is 1. The molecular formula is C44H62Cl2N2O3. The highest BCUT2D eigenvalue weighted by Gasteiger charge is 2.69. The summed E-state index contributed by atoms with van der Waals surface area (Å²) in [5, 5.41) is 12.0. The van der Waals surface area contributed by atoms with Crippen molar-refractivity contribution >= 4 is 41.0 Å². The summed E-state index contributed by atoms with van der Waals surface area (Å²) in [6.07, 6.45) is 16.5. The summed E-state index contributed by atoms with van der Waals surface area (Å²) in [7, 11) is 0. The summed E-state index contributed by atoms with van der Waals surface area (Å²) < 4.78 is 0. The van der Waals surface area contributed by atoms with Crippen LogP contribution in [0.25, 0.3) is 6.08 Å². The number of piperazine rings is 1. The summed E-state index contributed by atoms with van der Waals surface area (Å²) in [6.45, 7) is 20.4. The Kier molecular flexibility index (Phi) is 9.59. The molecule has 0 unspecified atom stereocenters. The minimum Gasteiger partial charge on any atom is -0.393 e.